The molecule has 1 aromatic carbocycles. The number of hydrogen-bond acceptors (Lipinski definition) is 2. The number of hydrogen-bond donors (Lipinski definition) is 1. The SMILES string of the molecule is CC(C)(C)c1ccc(-n2cncc2C2(C)CCNC2)cc1. The van der Waals surface area contributed by atoms with Crippen molar-refractivity contribution in [2.45, 2.75) is 44.9 Å². The van der Waals surface area contributed by atoms with Gasteiger partial charge < -0.3 is 9.88 Å². The van der Waals surface area contributed by atoms with Crippen LogP contribution >= 0.6 is 0 Å². The number of benzene rings is 1. The van der Waals surface area contributed by atoms with Crippen LogP contribution in [-0.4, -0.2) is 22.6 Å². The van der Waals surface area contributed by atoms with Crippen LogP contribution in [0.25, 0.3) is 5.69 Å². The molecule has 1 unspecified atom stereocenters. The first-order valence-corrected chi connectivity index (χ1v) is 7.75. The number of aromatic nitrogens is 2. The minimum Gasteiger partial charge on any atom is -0.316 e. The summed E-state index contributed by atoms with van der Waals surface area (Å²) in [6.45, 7) is 11.2. The van der Waals surface area contributed by atoms with Crippen LogP contribution in [0.3, 0.4) is 0 Å². The number of rotatable bonds is 2. The Kier molecular flexibility index (Phi) is 3.40. The fourth-order valence-electron chi connectivity index (χ4n) is 3.10. The molecule has 2 aromatic rings. The Labute approximate surface area is 127 Å². The first kappa shape index (κ1) is 14.3. The van der Waals surface area contributed by atoms with Crippen molar-refractivity contribution >= 4 is 0 Å². The Morgan fingerprint density at radius 3 is 2.48 bits per heavy atom. The molecule has 21 heavy (non-hydrogen) atoms. The minimum atomic E-state index is 0.180. The smallest absolute Gasteiger partial charge is 0.0994 e. The van der Waals surface area contributed by atoms with Crippen LogP contribution in [0.2, 0.25) is 0 Å². The van der Waals surface area contributed by atoms with Crippen molar-refractivity contribution in [3.63, 3.8) is 0 Å². The minimum absolute atomic E-state index is 0.180. The van der Waals surface area contributed by atoms with Gasteiger partial charge in [-0.3, -0.25) is 0 Å². The number of nitrogens with zero attached hydrogens (tertiary/aromatic N) is 2. The average Bonchev–Trinajstić information content (AvgIpc) is 3.07. The zero-order valence-corrected chi connectivity index (χ0v) is 13.5. The molecule has 0 aliphatic carbocycles. The third kappa shape index (κ3) is 2.62. The summed E-state index contributed by atoms with van der Waals surface area (Å²) in [5.74, 6) is 0. The lowest BCUT2D eigenvalue weighted by atomic mass is 9.85. The zero-order chi connectivity index (χ0) is 15.1. The predicted molar refractivity (Wildman–Crippen MR) is 87.1 cm³/mol. The maximum Gasteiger partial charge on any atom is 0.0994 e. The van der Waals surface area contributed by atoms with E-state index in [0.717, 1.165) is 13.1 Å². The summed E-state index contributed by atoms with van der Waals surface area (Å²) in [4.78, 5) is 4.39. The van der Waals surface area contributed by atoms with Gasteiger partial charge in [0.2, 0.25) is 0 Å². The second-order valence-corrected chi connectivity index (χ2v) is 7.43. The van der Waals surface area contributed by atoms with E-state index in [1.807, 2.05) is 12.5 Å². The topological polar surface area (TPSA) is 29.9 Å². The van der Waals surface area contributed by atoms with Crippen LogP contribution in [0.5, 0.6) is 0 Å². The highest BCUT2D eigenvalue weighted by atomic mass is 15.1. The van der Waals surface area contributed by atoms with Gasteiger partial charge in [-0.2, -0.15) is 0 Å². The lowest BCUT2D eigenvalue weighted by molar-refractivity contribution is 0.498. The van der Waals surface area contributed by atoms with Crippen molar-refractivity contribution < 1.29 is 0 Å². The molecule has 0 spiro atoms. The lowest BCUT2D eigenvalue weighted by Gasteiger charge is -2.25. The molecule has 0 saturated carbocycles. The standard InChI is InChI=1S/C18H25N3/c1-17(2,3)14-5-7-15(8-6-14)21-13-20-11-16(21)18(4)9-10-19-12-18/h5-8,11,13,19H,9-10,12H2,1-4H3. The maximum atomic E-state index is 4.39. The van der Waals surface area contributed by atoms with Crippen molar-refractivity contribution in [3.8, 4) is 5.69 Å². The molecule has 1 atom stereocenters. The molecule has 3 nitrogen and oxygen atoms in total. The summed E-state index contributed by atoms with van der Waals surface area (Å²) >= 11 is 0. The van der Waals surface area contributed by atoms with Gasteiger partial charge >= 0.3 is 0 Å². The normalized spacial score (nSPS) is 22.7. The van der Waals surface area contributed by atoms with E-state index in [2.05, 4.69) is 66.8 Å². The fourth-order valence-corrected chi connectivity index (χ4v) is 3.10. The monoisotopic (exact) mass is 283 g/mol. The lowest BCUT2D eigenvalue weighted by Crippen LogP contribution is -2.27. The van der Waals surface area contributed by atoms with E-state index in [0.29, 0.717) is 0 Å². The summed E-state index contributed by atoms with van der Waals surface area (Å²) in [7, 11) is 0. The van der Waals surface area contributed by atoms with Gasteiger partial charge in [-0.15, -0.1) is 0 Å². The van der Waals surface area contributed by atoms with Gasteiger partial charge in [0.15, 0.2) is 0 Å². The Morgan fingerprint density at radius 2 is 1.90 bits per heavy atom. The van der Waals surface area contributed by atoms with E-state index in [1.165, 1.54) is 23.4 Å². The van der Waals surface area contributed by atoms with Crippen LogP contribution in [0, 0.1) is 0 Å². The van der Waals surface area contributed by atoms with Crippen LogP contribution in [0.4, 0.5) is 0 Å². The van der Waals surface area contributed by atoms with Crippen molar-refractivity contribution in [2.24, 2.45) is 0 Å². The Hall–Kier alpha value is -1.61. The van der Waals surface area contributed by atoms with E-state index in [4.69, 9.17) is 0 Å². The third-order valence-electron chi connectivity index (χ3n) is 4.64. The molecule has 1 aliphatic heterocycles. The Morgan fingerprint density at radius 1 is 1.19 bits per heavy atom. The molecule has 0 radical (unpaired) electrons. The number of imidazole rings is 1. The van der Waals surface area contributed by atoms with Crippen LogP contribution < -0.4 is 5.32 Å². The largest absolute Gasteiger partial charge is 0.316 e. The Bertz CT molecular complexity index is 611. The molecular weight excluding hydrogens is 258 g/mol. The highest BCUT2D eigenvalue weighted by Gasteiger charge is 2.33. The molecular formula is C18H25N3. The van der Waals surface area contributed by atoms with Crippen molar-refractivity contribution in [1.29, 1.82) is 0 Å². The second kappa shape index (κ2) is 4.99. The van der Waals surface area contributed by atoms with Gasteiger partial charge in [-0.25, -0.2) is 4.98 Å². The summed E-state index contributed by atoms with van der Waals surface area (Å²) in [5, 5.41) is 3.47. The quantitative estimate of drug-likeness (QED) is 0.915. The molecule has 0 bridgehead atoms. The molecule has 3 heteroatoms. The molecule has 112 valence electrons. The van der Waals surface area contributed by atoms with Gasteiger partial charge in [0, 0.05) is 29.5 Å². The summed E-state index contributed by atoms with van der Waals surface area (Å²) in [6.07, 6.45) is 5.12. The first-order valence-electron chi connectivity index (χ1n) is 7.75. The van der Waals surface area contributed by atoms with Gasteiger partial charge in [0.25, 0.3) is 0 Å². The first-order chi connectivity index (χ1) is 9.90. The summed E-state index contributed by atoms with van der Waals surface area (Å²) in [6, 6.07) is 8.87. The van der Waals surface area contributed by atoms with E-state index in [9.17, 15) is 0 Å². The molecule has 3 rings (SSSR count). The summed E-state index contributed by atoms with van der Waals surface area (Å²) in [5.41, 5.74) is 4.23. The Balaban J connectivity index is 1.97. The van der Waals surface area contributed by atoms with Crippen molar-refractivity contribution in [1.82, 2.24) is 14.9 Å². The van der Waals surface area contributed by atoms with E-state index >= 15 is 0 Å². The zero-order valence-electron chi connectivity index (χ0n) is 13.5. The molecule has 1 N–H and O–H groups in total. The maximum absolute atomic E-state index is 4.39. The fraction of sp³-hybridized carbons (Fsp3) is 0.500. The average molecular weight is 283 g/mol. The summed E-state index contributed by atoms with van der Waals surface area (Å²) < 4.78 is 2.24. The van der Waals surface area contributed by atoms with Crippen molar-refractivity contribution in [2.75, 3.05) is 13.1 Å². The van der Waals surface area contributed by atoms with E-state index in [1.54, 1.807) is 0 Å². The molecule has 1 aliphatic rings. The van der Waals surface area contributed by atoms with Gasteiger partial charge in [0.05, 0.1) is 6.33 Å². The molecule has 0 amide bonds. The van der Waals surface area contributed by atoms with Crippen LogP contribution in [0.1, 0.15) is 45.4 Å². The van der Waals surface area contributed by atoms with Gasteiger partial charge in [-0.1, -0.05) is 39.8 Å². The van der Waals surface area contributed by atoms with Gasteiger partial charge in [0.1, 0.15) is 0 Å². The molecule has 1 aromatic heterocycles. The molecule has 2 heterocycles. The third-order valence-corrected chi connectivity index (χ3v) is 4.64. The van der Waals surface area contributed by atoms with Crippen LogP contribution in [-0.2, 0) is 10.8 Å². The van der Waals surface area contributed by atoms with E-state index in [-0.39, 0.29) is 10.8 Å². The predicted octanol–water partition coefficient (Wildman–Crippen LogP) is 3.42. The van der Waals surface area contributed by atoms with Crippen molar-refractivity contribution in [3.05, 3.63) is 48.0 Å². The van der Waals surface area contributed by atoms with Crippen LogP contribution in [0.15, 0.2) is 36.8 Å². The molecule has 1 fully saturated rings. The van der Waals surface area contributed by atoms with Gasteiger partial charge in [-0.05, 0) is 36.1 Å². The van der Waals surface area contributed by atoms with E-state index < -0.39 is 0 Å². The highest BCUT2D eigenvalue weighted by Crippen LogP contribution is 2.32. The second-order valence-electron chi connectivity index (χ2n) is 7.43. The number of nitrogens with one attached hydrogen (secondary N) is 1. The molecule has 1 saturated heterocycles. The highest BCUT2D eigenvalue weighted by molar-refractivity contribution is 5.39.